The fourth-order valence-electron chi connectivity index (χ4n) is 1.77. The number of hydrogen-bond acceptors (Lipinski definition) is 4. The molecule has 0 aliphatic heterocycles. The van der Waals surface area contributed by atoms with E-state index in [1.54, 1.807) is 7.05 Å². The van der Waals surface area contributed by atoms with Gasteiger partial charge in [-0.3, -0.25) is 0 Å². The lowest BCUT2D eigenvalue weighted by molar-refractivity contribution is -0.137. The molecule has 0 spiro atoms. The Bertz CT molecular complexity index is 654. The van der Waals surface area contributed by atoms with Gasteiger partial charge in [-0.15, -0.1) is 5.10 Å². The van der Waals surface area contributed by atoms with Crippen molar-refractivity contribution < 1.29 is 13.2 Å². The Kier molecular flexibility index (Phi) is 3.72. The summed E-state index contributed by atoms with van der Waals surface area (Å²) < 4.78 is 40.0. The number of alkyl halides is 3. The molecule has 0 amide bonds. The molecule has 1 aromatic heterocycles. The zero-order chi connectivity index (χ0) is 14.8. The van der Waals surface area contributed by atoms with E-state index in [4.69, 9.17) is 5.26 Å². The second-order valence-electron chi connectivity index (χ2n) is 4.01. The summed E-state index contributed by atoms with van der Waals surface area (Å²) in [5.41, 5.74) is -0.579. The first kappa shape index (κ1) is 14.0. The van der Waals surface area contributed by atoms with E-state index in [2.05, 4.69) is 15.6 Å². The van der Waals surface area contributed by atoms with Crippen LogP contribution >= 0.6 is 0 Å². The van der Waals surface area contributed by atoms with E-state index in [9.17, 15) is 13.2 Å². The van der Waals surface area contributed by atoms with Gasteiger partial charge in [0.2, 0.25) is 0 Å². The highest BCUT2D eigenvalue weighted by molar-refractivity contribution is 5.47. The normalized spacial score (nSPS) is 11.3. The van der Waals surface area contributed by atoms with Crippen LogP contribution in [0.5, 0.6) is 0 Å². The van der Waals surface area contributed by atoms with Crippen LogP contribution in [0.1, 0.15) is 16.8 Å². The van der Waals surface area contributed by atoms with Gasteiger partial charge in [0, 0.05) is 6.54 Å². The van der Waals surface area contributed by atoms with E-state index in [0.717, 1.165) is 12.1 Å². The van der Waals surface area contributed by atoms with Gasteiger partial charge in [0.25, 0.3) is 0 Å². The molecule has 1 N–H and O–H groups in total. The molecule has 0 unspecified atom stereocenters. The van der Waals surface area contributed by atoms with Gasteiger partial charge in [-0.1, -0.05) is 5.21 Å². The lowest BCUT2D eigenvalue weighted by atomic mass is 10.1. The van der Waals surface area contributed by atoms with Crippen LogP contribution in [0.25, 0.3) is 5.69 Å². The topological polar surface area (TPSA) is 66.5 Å². The number of nitriles is 1. The molecular formula is C12H10F3N5. The Morgan fingerprint density at radius 3 is 2.75 bits per heavy atom. The molecule has 8 heteroatoms. The highest BCUT2D eigenvalue weighted by Gasteiger charge is 2.34. The predicted molar refractivity (Wildman–Crippen MR) is 63.8 cm³/mol. The smallest absolute Gasteiger partial charge is 0.314 e. The number of aromatic nitrogens is 3. The van der Waals surface area contributed by atoms with Crippen molar-refractivity contribution in [2.45, 2.75) is 12.7 Å². The van der Waals surface area contributed by atoms with E-state index in [1.807, 2.05) is 0 Å². The van der Waals surface area contributed by atoms with Crippen LogP contribution < -0.4 is 5.32 Å². The maximum atomic E-state index is 12.9. The largest absolute Gasteiger partial charge is 0.417 e. The van der Waals surface area contributed by atoms with Gasteiger partial charge >= 0.3 is 6.18 Å². The molecule has 0 atom stereocenters. The fraction of sp³-hybridized carbons (Fsp3) is 0.250. The Morgan fingerprint density at radius 2 is 2.15 bits per heavy atom. The van der Waals surface area contributed by atoms with Crippen molar-refractivity contribution in [2.75, 3.05) is 7.05 Å². The quantitative estimate of drug-likeness (QED) is 0.932. The lowest BCUT2D eigenvalue weighted by Crippen LogP contribution is -2.13. The summed E-state index contributed by atoms with van der Waals surface area (Å²) in [6.07, 6.45) is -3.13. The number of halogens is 3. The van der Waals surface area contributed by atoms with Crippen LogP contribution in [0.2, 0.25) is 0 Å². The maximum absolute atomic E-state index is 12.9. The van der Waals surface area contributed by atoms with Crippen molar-refractivity contribution in [1.82, 2.24) is 20.3 Å². The summed E-state index contributed by atoms with van der Waals surface area (Å²) in [4.78, 5) is 0. The Morgan fingerprint density at radius 1 is 1.40 bits per heavy atom. The van der Waals surface area contributed by atoms with E-state index in [-0.39, 0.29) is 5.69 Å². The Labute approximate surface area is 112 Å². The molecule has 0 bridgehead atoms. The number of hydrogen-bond donors (Lipinski definition) is 1. The van der Waals surface area contributed by atoms with Crippen LogP contribution in [-0.4, -0.2) is 22.0 Å². The van der Waals surface area contributed by atoms with E-state index < -0.39 is 17.3 Å². The number of benzene rings is 1. The molecule has 0 fully saturated rings. The highest BCUT2D eigenvalue weighted by Crippen LogP contribution is 2.33. The number of rotatable bonds is 3. The van der Waals surface area contributed by atoms with Crippen molar-refractivity contribution >= 4 is 0 Å². The minimum Gasteiger partial charge on any atom is -0.314 e. The second-order valence-corrected chi connectivity index (χ2v) is 4.01. The summed E-state index contributed by atoms with van der Waals surface area (Å²) in [7, 11) is 1.71. The summed E-state index contributed by atoms with van der Waals surface area (Å²) in [6, 6.07) is 4.96. The highest BCUT2D eigenvalue weighted by atomic mass is 19.4. The number of nitrogens with one attached hydrogen (secondary N) is 1. The third-order valence-electron chi connectivity index (χ3n) is 2.65. The Balaban J connectivity index is 2.54. The van der Waals surface area contributed by atoms with Crippen molar-refractivity contribution in [3.05, 3.63) is 41.2 Å². The molecule has 0 saturated carbocycles. The third-order valence-corrected chi connectivity index (χ3v) is 2.65. The SMILES string of the molecule is CNCc1cnnn1-c1ccc(C#N)c(C(F)(F)F)c1. The molecule has 0 radical (unpaired) electrons. The van der Waals surface area contributed by atoms with Gasteiger partial charge < -0.3 is 5.32 Å². The van der Waals surface area contributed by atoms with Crippen molar-refractivity contribution in [3.63, 3.8) is 0 Å². The van der Waals surface area contributed by atoms with E-state index in [1.165, 1.54) is 23.0 Å². The maximum Gasteiger partial charge on any atom is 0.417 e. The number of nitrogens with zero attached hydrogens (tertiary/aromatic N) is 4. The first-order valence-corrected chi connectivity index (χ1v) is 5.63. The molecule has 0 aliphatic carbocycles. The van der Waals surface area contributed by atoms with Gasteiger partial charge in [0.15, 0.2) is 0 Å². The molecular weight excluding hydrogens is 271 g/mol. The second kappa shape index (κ2) is 5.30. The van der Waals surface area contributed by atoms with Crippen molar-refractivity contribution in [1.29, 1.82) is 5.26 Å². The first-order valence-electron chi connectivity index (χ1n) is 5.63. The third kappa shape index (κ3) is 2.62. The molecule has 20 heavy (non-hydrogen) atoms. The summed E-state index contributed by atoms with van der Waals surface area (Å²) in [5, 5.41) is 19.1. The Hall–Kier alpha value is -2.40. The molecule has 5 nitrogen and oxygen atoms in total. The van der Waals surface area contributed by atoms with Crippen LogP contribution in [0.4, 0.5) is 13.2 Å². The monoisotopic (exact) mass is 281 g/mol. The average molecular weight is 281 g/mol. The minimum absolute atomic E-state index is 0.207. The van der Waals surface area contributed by atoms with Crippen LogP contribution in [0.3, 0.4) is 0 Å². The molecule has 0 saturated heterocycles. The average Bonchev–Trinajstić information content (AvgIpc) is 2.85. The van der Waals surface area contributed by atoms with Crippen molar-refractivity contribution in [3.8, 4) is 11.8 Å². The van der Waals surface area contributed by atoms with Gasteiger partial charge in [0.05, 0.1) is 34.8 Å². The minimum atomic E-state index is -4.59. The van der Waals surface area contributed by atoms with E-state index in [0.29, 0.717) is 12.2 Å². The summed E-state index contributed by atoms with van der Waals surface area (Å²) >= 11 is 0. The summed E-state index contributed by atoms with van der Waals surface area (Å²) in [6.45, 7) is 0.411. The molecule has 1 heterocycles. The molecule has 2 aromatic rings. The van der Waals surface area contributed by atoms with E-state index >= 15 is 0 Å². The zero-order valence-corrected chi connectivity index (χ0v) is 10.4. The molecule has 104 valence electrons. The molecule has 2 rings (SSSR count). The fourth-order valence-corrected chi connectivity index (χ4v) is 1.77. The zero-order valence-electron chi connectivity index (χ0n) is 10.4. The van der Waals surface area contributed by atoms with Crippen LogP contribution in [0.15, 0.2) is 24.4 Å². The summed E-state index contributed by atoms with van der Waals surface area (Å²) in [5.74, 6) is 0. The van der Waals surface area contributed by atoms with Gasteiger partial charge in [-0.2, -0.15) is 18.4 Å². The lowest BCUT2D eigenvalue weighted by Gasteiger charge is -2.11. The molecule has 0 aliphatic rings. The molecule has 1 aromatic carbocycles. The predicted octanol–water partition coefficient (Wildman–Crippen LogP) is 1.88. The van der Waals surface area contributed by atoms with Crippen LogP contribution in [-0.2, 0) is 12.7 Å². The van der Waals surface area contributed by atoms with Crippen molar-refractivity contribution in [2.24, 2.45) is 0 Å². The first-order chi connectivity index (χ1) is 9.47. The van der Waals surface area contributed by atoms with Gasteiger partial charge in [0.1, 0.15) is 0 Å². The van der Waals surface area contributed by atoms with Crippen LogP contribution in [0, 0.1) is 11.3 Å². The van der Waals surface area contributed by atoms with Gasteiger partial charge in [-0.25, -0.2) is 4.68 Å². The van der Waals surface area contributed by atoms with Gasteiger partial charge in [-0.05, 0) is 25.2 Å². The standard InChI is InChI=1S/C12H10F3N5/c1-17-6-10-7-18-19-20(10)9-3-2-8(5-16)11(4-9)12(13,14)15/h2-4,7,17H,6H2,1H3.